The number of rotatable bonds is 0. The van der Waals surface area contributed by atoms with Crippen molar-refractivity contribution in [1.82, 2.24) is 0 Å². The molecule has 0 atom stereocenters. The van der Waals surface area contributed by atoms with Gasteiger partial charge in [0.05, 0.1) is 22.1 Å². The zero-order valence-electron chi connectivity index (χ0n) is 14.4. The number of halogens is 1. The summed E-state index contributed by atoms with van der Waals surface area (Å²) in [5, 5.41) is 2.67. The van der Waals surface area contributed by atoms with Gasteiger partial charge in [-0.2, -0.15) is 0 Å². The molecule has 0 N–H and O–H groups in total. The predicted octanol–water partition coefficient (Wildman–Crippen LogP) is 5.50. The first-order valence-corrected chi connectivity index (χ1v) is 8.85. The van der Waals surface area contributed by atoms with Crippen LogP contribution in [-0.4, -0.2) is 0 Å². The third kappa shape index (κ3) is 2.11. The Labute approximate surface area is 151 Å². The highest BCUT2D eigenvalue weighted by atomic mass is 35.5. The fourth-order valence-corrected chi connectivity index (χ4v) is 3.79. The third-order valence-electron chi connectivity index (χ3n) is 5.02. The average molecular weight is 345 g/mol. The Balaban J connectivity index is 1.77. The summed E-state index contributed by atoms with van der Waals surface area (Å²) in [6, 6.07) is 16.7. The Morgan fingerprint density at radius 2 is 1.24 bits per heavy atom. The van der Waals surface area contributed by atoms with Crippen LogP contribution < -0.4 is 10.7 Å². The second-order valence-electron chi connectivity index (χ2n) is 7.72. The number of hydrogen-bond donors (Lipinski definition) is 0. The van der Waals surface area contributed by atoms with Crippen molar-refractivity contribution < 1.29 is 0 Å². The van der Waals surface area contributed by atoms with E-state index in [4.69, 9.17) is 21.6 Å². The first kappa shape index (κ1) is 14.9. The molecular formula is C22H17ClN2. The Kier molecular flexibility index (Phi) is 2.85. The van der Waals surface area contributed by atoms with Crippen LogP contribution in [-0.2, 0) is 5.41 Å². The molecule has 2 aliphatic heterocycles. The monoisotopic (exact) mass is 344 g/mol. The van der Waals surface area contributed by atoms with Crippen LogP contribution >= 0.6 is 11.6 Å². The van der Waals surface area contributed by atoms with Gasteiger partial charge in [-0.3, -0.25) is 0 Å². The minimum absolute atomic E-state index is 0.117. The highest BCUT2D eigenvalue weighted by Gasteiger charge is 2.23. The maximum Gasteiger partial charge on any atom is 0.0979 e. The smallest absolute Gasteiger partial charge is 0.0979 e. The minimum atomic E-state index is 0.117. The van der Waals surface area contributed by atoms with E-state index in [-0.39, 0.29) is 5.41 Å². The van der Waals surface area contributed by atoms with Crippen LogP contribution in [0.15, 0.2) is 58.5 Å². The Morgan fingerprint density at radius 1 is 0.680 bits per heavy atom. The average Bonchev–Trinajstić information content (AvgIpc) is 3.11. The third-order valence-corrected chi connectivity index (χ3v) is 5.25. The molecule has 0 spiro atoms. The molecule has 3 aromatic carbocycles. The number of benzene rings is 3. The summed E-state index contributed by atoms with van der Waals surface area (Å²) in [5.41, 5.74) is 8.01. The summed E-state index contributed by atoms with van der Waals surface area (Å²) in [4.78, 5) is 9.72. The highest BCUT2D eigenvalue weighted by molar-refractivity contribution is 6.31. The van der Waals surface area contributed by atoms with Gasteiger partial charge in [-0.1, -0.05) is 50.6 Å². The maximum atomic E-state index is 6.18. The van der Waals surface area contributed by atoms with Gasteiger partial charge >= 0.3 is 0 Å². The van der Waals surface area contributed by atoms with Crippen LogP contribution in [0.3, 0.4) is 0 Å². The first-order chi connectivity index (χ1) is 11.9. The molecule has 5 rings (SSSR count). The molecule has 0 aromatic heterocycles. The van der Waals surface area contributed by atoms with Crippen LogP contribution in [0.25, 0.3) is 22.3 Å². The van der Waals surface area contributed by atoms with Crippen LogP contribution in [0.5, 0.6) is 0 Å². The van der Waals surface area contributed by atoms with Gasteiger partial charge in [0.2, 0.25) is 0 Å². The number of nitrogens with zero attached hydrogens (tertiary/aromatic N) is 2. The second kappa shape index (κ2) is 4.80. The maximum absolute atomic E-state index is 6.18. The molecule has 0 amide bonds. The van der Waals surface area contributed by atoms with Gasteiger partial charge in [0, 0.05) is 27.3 Å². The zero-order chi connectivity index (χ0) is 17.3. The van der Waals surface area contributed by atoms with Gasteiger partial charge in [0.1, 0.15) is 0 Å². The molecule has 0 radical (unpaired) electrons. The van der Waals surface area contributed by atoms with Crippen LogP contribution in [0.1, 0.15) is 26.3 Å². The van der Waals surface area contributed by atoms with Crippen LogP contribution in [0.4, 0.5) is 11.4 Å². The molecule has 2 heterocycles. The lowest BCUT2D eigenvalue weighted by Gasteiger charge is -2.19. The summed E-state index contributed by atoms with van der Waals surface area (Å²) in [6.07, 6.45) is 0. The molecule has 3 heteroatoms. The van der Waals surface area contributed by atoms with Crippen LogP contribution in [0.2, 0.25) is 5.02 Å². The Bertz CT molecular complexity index is 1180. The topological polar surface area (TPSA) is 24.7 Å². The lowest BCUT2D eigenvalue weighted by molar-refractivity contribution is 0.590. The number of fused-ring (bicyclic) bond motifs is 7. The molecule has 0 saturated carbocycles. The second-order valence-corrected chi connectivity index (χ2v) is 8.16. The SMILES string of the molecule is CC(C)(C)c1ccc2c(c1)-c1ccc3c(c1=N2)=Nc1ccc(Cl)cc1-3. The van der Waals surface area contributed by atoms with E-state index in [1.807, 2.05) is 18.2 Å². The van der Waals surface area contributed by atoms with E-state index in [0.29, 0.717) is 0 Å². The van der Waals surface area contributed by atoms with E-state index >= 15 is 0 Å². The normalized spacial score (nSPS) is 13.4. The van der Waals surface area contributed by atoms with Crippen molar-refractivity contribution in [2.24, 2.45) is 9.98 Å². The lowest BCUT2D eigenvalue weighted by atomic mass is 9.85. The van der Waals surface area contributed by atoms with E-state index in [1.54, 1.807) is 0 Å². The summed E-state index contributed by atoms with van der Waals surface area (Å²) in [6.45, 7) is 6.71. The van der Waals surface area contributed by atoms with Crippen molar-refractivity contribution in [3.8, 4) is 22.3 Å². The molecule has 2 nitrogen and oxygen atoms in total. The van der Waals surface area contributed by atoms with E-state index in [0.717, 1.165) is 38.2 Å². The van der Waals surface area contributed by atoms with Gasteiger partial charge in [0.15, 0.2) is 0 Å². The molecule has 0 aliphatic carbocycles. The largest absolute Gasteiger partial charge is 0.245 e. The van der Waals surface area contributed by atoms with Gasteiger partial charge in [-0.05, 0) is 41.3 Å². The zero-order valence-corrected chi connectivity index (χ0v) is 15.1. The Morgan fingerprint density at radius 3 is 1.84 bits per heavy atom. The summed E-state index contributed by atoms with van der Waals surface area (Å²) >= 11 is 6.18. The molecule has 0 bridgehead atoms. The molecule has 0 fully saturated rings. The summed E-state index contributed by atoms with van der Waals surface area (Å²) in [7, 11) is 0. The van der Waals surface area contributed by atoms with Crippen molar-refractivity contribution in [2.45, 2.75) is 26.2 Å². The van der Waals surface area contributed by atoms with Gasteiger partial charge in [0.25, 0.3) is 0 Å². The van der Waals surface area contributed by atoms with E-state index in [2.05, 4.69) is 51.1 Å². The molecule has 3 aromatic rings. The van der Waals surface area contributed by atoms with Crippen molar-refractivity contribution in [3.63, 3.8) is 0 Å². The highest BCUT2D eigenvalue weighted by Crippen LogP contribution is 2.39. The molecule has 0 unspecified atom stereocenters. The molecule has 25 heavy (non-hydrogen) atoms. The predicted molar refractivity (Wildman–Crippen MR) is 103 cm³/mol. The van der Waals surface area contributed by atoms with Crippen LogP contribution in [0, 0.1) is 0 Å². The van der Waals surface area contributed by atoms with E-state index < -0.39 is 0 Å². The van der Waals surface area contributed by atoms with Gasteiger partial charge in [-0.25, -0.2) is 9.98 Å². The Hall–Kier alpha value is -2.45. The molecule has 122 valence electrons. The van der Waals surface area contributed by atoms with Crippen molar-refractivity contribution in [2.75, 3.05) is 0 Å². The standard InChI is InChI=1S/C22H17ClN2/c1-22(2,3)12-4-8-18-16(10-12)14-6-7-15-17-11-13(23)5-9-19(17)25-21(15)20(14)24-18/h4-11H,1-3H3. The van der Waals surface area contributed by atoms with Gasteiger partial charge in [-0.15, -0.1) is 0 Å². The number of hydrogen-bond acceptors (Lipinski definition) is 2. The van der Waals surface area contributed by atoms with E-state index in [9.17, 15) is 0 Å². The fourth-order valence-electron chi connectivity index (χ4n) is 3.62. The van der Waals surface area contributed by atoms with Crippen molar-refractivity contribution in [3.05, 3.63) is 69.8 Å². The minimum Gasteiger partial charge on any atom is -0.245 e. The van der Waals surface area contributed by atoms with E-state index in [1.165, 1.54) is 16.7 Å². The summed E-state index contributed by atoms with van der Waals surface area (Å²) < 4.78 is 0. The quantitative estimate of drug-likeness (QED) is 0.354. The lowest BCUT2D eigenvalue weighted by Crippen LogP contribution is -2.25. The van der Waals surface area contributed by atoms with Crippen molar-refractivity contribution in [1.29, 1.82) is 0 Å². The molecular weight excluding hydrogens is 328 g/mol. The van der Waals surface area contributed by atoms with Crippen molar-refractivity contribution >= 4 is 23.0 Å². The molecule has 0 saturated heterocycles. The fraction of sp³-hybridized carbons (Fsp3) is 0.182. The summed E-state index contributed by atoms with van der Waals surface area (Å²) in [5.74, 6) is 0. The van der Waals surface area contributed by atoms with Gasteiger partial charge < -0.3 is 0 Å². The first-order valence-electron chi connectivity index (χ1n) is 8.47. The molecule has 2 aliphatic rings.